The molecule has 2 amide bonds. The fourth-order valence-corrected chi connectivity index (χ4v) is 1.86. The summed E-state index contributed by atoms with van der Waals surface area (Å²) < 4.78 is 0. The molecule has 0 aliphatic heterocycles. The monoisotopic (exact) mass is 303 g/mol. The van der Waals surface area contributed by atoms with Gasteiger partial charge in [0.2, 0.25) is 0 Å². The summed E-state index contributed by atoms with van der Waals surface area (Å²) >= 11 is 5.71. The van der Waals surface area contributed by atoms with Crippen molar-refractivity contribution in [3.05, 3.63) is 64.9 Å². The number of carbonyl (C=O) groups excluding carboxylic acids is 2. The van der Waals surface area contributed by atoms with E-state index in [2.05, 4.69) is 15.6 Å². The van der Waals surface area contributed by atoms with E-state index in [1.807, 2.05) is 6.07 Å². The van der Waals surface area contributed by atoms with Gasteiger partial charge in [-0.2, -0.15) is 0 Å². The van der Waals surface area contributed by atoms with Gasteiger partial charge in [0.25, 0.3) is 11.8 Å². The van der Waals surface area contributed by atoms with Crippen LogP contribution in [0.2, 0.25) is 5.15 Å². The van der Waals surface area contributed by atoms with Gasteiger partial charge >= 0.3 is 0 Å². The number of benzene rings is 1. The van der Waals surface area contributed by atoms with Crippen molar-refractivity contribution in [3.8, 4) is 0 Å². The summed E-state index contributed by atoms with van der Waals surface area (Å²) in [6, 6.07) is 12.0. The topological polar surface area (TPSA) is 71.1 Å². The van der Waals surface area contributed by atoms with Crippen LogP contribution in [-0.2, 0) is 0 Å². The summed E-state index contributed by atoms with van der Waals surface area (Å²) in [7, 11) is 0. The number of hydrogen-bond acceptors (Lipinski definition) is 3. The molecule has 1 aromatic carbocycles. The van der Waals surface area contributed by atoms with Gasteiger partial charge in [0.05, 0.1) is 0 Å². The highest BCUT2D eigenvalue weighted by Gasteiger charge is 2.06. The second kappa shape index (κ2) is 7.40. The maximum absolute atomic E-state index is 11.8. The third-order valence-corrected chi connectivity index (χ3v) is 2.93. The predicted octanol–water partition coefficient (Wildman–Crippen LogP) is 1.89. The Labute approximate surface area is 127 Å². The molecule has 0 bridgehead atoms. The Hall–Kier alpha value is -2.40. The van der Waals surface area contributed by atoms with Gasteiger partial charge in [-0.1, -0.05) is 29.8 Å². The maximum Gasteiger partial charge on any atom is 0.251 e. The minimum absolute atomic E-state index is 0.170. The average molecular weight is 304 g/mol. The van der Waals surface area contributed by atoms with Crippen LogP contribution in [0, 0.1) is 0 Å². The Morgan fingerprint density at radius 3 is 2.19 bits per heavy atom. The van der Waals surface area contributed by atoms with E-state index in [1.165, 1.54) is 12.3 Å². The van der Waals surface area contributed by atoms with E-state index < -0.39 is 0 Å². The van der Waals surface area contributed by atoms with Crippen molar-refractivity contribution in [2.45, 2.75) is 0 Å². The number of carbonyl (C=O) groups is 2. The SMILES string of the molecule is O=C(NCCNC(=O)c1ccnc(Cl)c1)c1ccccc1. The van der Waals surface area contributed by atoms with E-state index in [-0.39, 0.29) is 17.0 Å². The number of nitrogens with one attached hydrogen (secondary N) is 2. The van der Waals surface area contributed by atoms with Crippen LogP contribution in [0.15, 0.2) is 48.7 Å². The number of pyridine rings is 1. The summed E-state index contributed by atoms with van der Waals surface area (Å²) in [4.78, 5) is 27.4. The molecule has 108 valence electrons. The Morgan fingerprint density at radius 1 is 0.952 bits per heavy atom. The Balaban J connectivity index is 1.75. The van der Waals surface area contributed by atoms with Crippen molar-refractivity contribution >= 4 is 23.4 Å². The lowest BCUT2D eigenvalue weighted by atomic mass is 10.2. The van der Waals surface area contributed by atoms with E-state index in [4.69, 9.17) is 11.6 Å². The van der Waals surface area contributed by atoms with Crippen molar-refractivity contribution in [1.29, 1.82) is 0 Å². The second-order valence-electron chi connectivity index (χ2n) is 4.25. The Morgan fingerprint density at radius 2 is 1.57 bits per heavy atom. The molecule has 1 heterocycles. The second-order valence-corrected chi connectivity index (χ2v) is 4.63. The molecular weight excluding hydrogens is 290 g/mol. The minimum Gasteiger partial charge on any atom is -0.350 e. The molecule has 5 nitrogen and oxygen atoms in total. The lowest BCUT2D eigenvalue weighted by molar-refractivity contribution is 0.0927. The van der Waals surface area contributed by atoms with Crippen molar-refractivity contribution in [3.63, 3.8) is 0 Å². The lowest BCUT2D eigenvalue weighted by Crippen LogP contribution is -2.34. The zero-order chi connectivity index (χ0) is 15.1. The molecule has 21 heavy (non-hydrogen) atoms. The summed E-state index contributed by atoms with van der Waals surface area (Å²) in [6.07, 6.45) is 1.47. The van der Waals surface area contributed by atoms with Gasteiger partial charge in [-0.15, -0.1) is 0 Å². The zero-order valence-corrected chi connectivity index (χ0v) is 11.9. The summed E-state index contributed by atoms with van der Waals surface area (Å²) in [5.41, 5.74) is 1.02. The van der Waals surface area contributed by atoms with Crippen LogP contribution in [-0.4, -0.2) is 29.9 Å². The first-order valence-corrected chi connectivity index (χ1v) is 6.77. The van der Waals surface area contributed by atoms with Crippen LogP contribution in [0.4, 0.5) is 0 Å². The first-order valence-electron chi connectivity index (χ1n) is 6.40. The van der Waals surface area contributed by atoms with Gasteiger partial charge in [0.15, 0.2) is 0 Å². The lowest BCUT2D eigenvalue weighted by Gasteiger charge is -2.07. The van der Waals surface area contributed by atoms with Crippen LogP contribution in [0.5, 0.6) is 0 Å². The third kappa shape index (κ3) is 4.57. The molecule has 2 aromatic rings. The largest absolute Gasteiger partial charge is 0.350 e. The molecule has 0 radical (unpaired) electrons. The van der Waals surface area contributed by atoms with Crippen molar-refractivity contribution in [1.82, 2.24) is 15.6 Å². The van der Waals surface area contributed by atoms with Crippen LogP contribution in [0.3, 0.4) is 0 Å². The van der Waals surface area contributed by atoms with E-state index in [9.17, 15) is 9.59 Å². The normalized spacial score (nSPS) is 9.95. The van der Waals surface area contributed by atoms with Crippen LogP contribution >= 0.6 is 11.6 Å². The van der Waals surface area contributed by atoms with Gasteiger partial charge in [0.1, 0.15) is 5.15 Å². The molecule has 0 aliphatic carbocycles. The van der Waals surface area contributed by atoms with Crippen LogP contribution in [0.1, 0.15) is 20.7 Å². The fraction of sp³-hybridized carbons (Fsp3) is 0.133. The van der Waals surface area contributed by atoms with Crippen molar-refractivity contribution in [2.75, 3.05) is 13.1 Å². The number of aromatic nitrogens is 1. The van der Waals surface area contributed by atoms with Crippen molar-refractivity contribution < 1.29 is 9.59 Å². The minimum atomic E-state index is -0.256. The quantitative estimate of drug-likeness (QED) is 0.654. The highest BCUT2D eigenvalue weighted by Crippen LogP contribution is 2.06. The van der Waals surface area contributed by atoms with Gasteiger partial charge in [-0.3, -0.25) is 9.59 Å². The third-order valence-electron chi connectivity index (χ3n) is 2.72. The number of rotatable bonds is 5. The zero-order valence-electron chi connectivity index (χ0n) is 11.2. The highest BCUT2D eigenvalue weighted by atomic mass is 35.5. The standard InChI is InChI=1S/C15H14ClN3O2/c16-13-10-12(6-7-17-13)15(21)19-9-8-18-14(20)11-4-2-1-3-5-11/h1-7,10H,8-9H2,(H,18,20)(H,19,21). The van der Waals surface area contributed by atoms with Crippen molar-refractivity contribution in [2.24, 2.45) is 0 Å². The van der Waals surface area contributed by atoms with E-state index >= 15 is 0 Å². The molecule has 0 saturated carbocycles. The molecule has 0 fully saturated rings. The predicted molar refractivity (Wildman–Crippen MR) is 80.4 cm³/mol. The number of hydrogen-bond donors (Lipinski definition) is 2. The van der Waals surface area contributed by atoms with Crippen LogP contribution in [0.25, 0.3) is 0 Å². The van der Waals surface area contributed by atoms with E-state index in [0.717, 1.165) is 0 Å². The number of halogens is 1. The first kappa shape index (κ1) is 15.0. The molecule has 6 heteroatoms. The molecular formula is C15H14ClN3O2. The van der Waals surface area contributed by atoms with E-state index in [1.54, 1.807) is 30.3 Å². The molecule has 2 rings (SSSR count). The fourth-order valence-electron chi connectivity index (χ4n) is 1.69. The highest BCUT2D eigenvalue weighted by molar-refractivity contribution is 6.29. The number of amides is 2. The van der Waals surface area contributed by atoms with Gasteiger partial charge in [0, 0.05) is 30.4 Å². The van der Waals surface area contributed by atoms with Gasteiger partial charge in [-0.05, 0) is 24.3 Å². The maximum atomic E-state index is 11.8. The van der Waals surface area contributed by atoms with Crippen LogP contribution < -0.4 is 10.6 Å². The summed E-state index contributed by atoms with van der Waals surface area (Å²) in [5, 5.41) is 5.68. The van der Waals surface area contributed by atoms with E-state index in [0.29, 0.717) is 24.2 Å². The molecule has 0 saturated heterocycles. The number of nitrogens with zero attached hydrogens (tertiary/aromatic N) is 1. The molecule has 1 aromatic heterocycles. The van der Waals surface area contributed by atoms with Gasteiger partial charge < -0.3 is 10.6 Å². The molecule has 0 spiro atoms. The molecule has 2 N–H and O–H groups in total. The Kier molecular flexibility index (Phi) is 5.29. The smallest absolute Gasteiger partial charge is 0.251 e. The molecule has 0 aliphatic rings. The van der Waals surface area contributed by atoms with Gasteiger partial charge in [-0.25, -0.2) is 4.98 Å². The molecule has 0 atom stereocenters. The molecule has 0 unspecified atom stereocenters. The first-order chi connectivity index (χ1) is 10.2. The Bertz CT molecular complexity index is 632. The summed E-state index contributed by atoms with van der Waals surface area (Å²) in [6.45, 7) is 0.676. The average Bonchev–Trinajstić information content (AvgIpc) is 2.52. The summed E-state index contributed by atoms with van der Waals surface area (Å²) in [5.74, 6) is -0.426.